The summed E-state index contributed by atoms with van der Waals surface area (Å²) in [5, 5.41) is 10.7. The van der Waals surface area contributed by atoms with E-state index in [-0.39, 0.29) is 48.1 Å². The van der Waals surface area contributed by atoms with Crippen molar-refractivity contribution in [3.8, 4) is 0 Å². The summed E-state index contributed by atoms with van der Waals surface area (Å²) < 4.78 is 7.34. The van der Waals surface area contributed by atoms with Crippen LogP contribution in [0.15, 0.2) is 12.4 Å². The minimum atomic E-state index is -0.0214. The summed E-state index contributed by atoms with van der Waals surface area (Å²) in [6.07, 6.45) is 3.88. The highest BCUT2D eigenvalue weighted by Gasteiger charge is 2.35. The number of hydrogen-bond donors (Lipinski definition) is 2. The molecular formula is C17H31Cl2N5O2. The molecule has 150 valence electrons. The van der Waals surface area contributed by atoms with Crippen molar-refractivity contribution in [3.05, 3.63) is 18.0 Å². The number of nitrogens with one attached hydrogen (secondary N) is 2. The van der Waals surface area contributed by atoms with E-state index in [1.165, 1.54) is 0 Å². The van der Waals surface area contributed by atoms with E-state index in [9.17, 15) is 4.79 Å². The highest BCUT2D eigenvalue weighted by molar-refractivity contribution is 5.85. The van der Waals surface area contributed by atoms with E-state index in [1.807, 2.05) is 19.4 Å². The zero-order valence-corrected chi connectivity index (χ0v) is 17.4. The van der Waals surface area contributed by atoms with Crippen LogP contribution in [0.1, 0.15) is 25.3 Å². The molecule has 2 aliphatic rings. The van der Waals surface area contributed by atoms with Crippen molar-refractivity contribution in [3.63, 3.8) is 0 Å². The van der Waals surface area contributed by atoms with E-state index < -0.39 is 0 Å². The summed E-state index contributed by atoms with van der Waals surface area (Å²) >= 11 is 0. The van der Waals surface area contributed by atoms with Gasteiger partial charge in [0.2, 0.25) is 5.91 Å². The first-order valence-electron chi connectivity index (χ1n) is 8.77. The monoisotopic (exact) mass is 407 g/mol. The number of carbonyl (C=O) groups is 1. The largest absolute Gasteiger partial charge is 0.378 e. The average molecular weight is 408 g/mol. The maximum atomic E-state index is 12.6. The van der Waals surface area contributed by atoms with E-state index in [0.29, 0.717) is 6.54 Å². The van der Waals surface area contributed by atoms with Crippen LogP contribution in [-0.2, 0) is 16.6 Å². The lowest BCUT2D eigenvalue weighted by molar-refractivity contribution is -0.125. The smallest absolute Gasteiger partial charge is 0.225 e. The molecule has 2 saturated heterocycles. The maximum Gasteiger partial charge on any atom is 0.225 e. The highest BCUT2D eigenvalue weighted by Crippen LogP contribution is 2.27. The van der Waals surface area contributed by atoms with Crippen LogP contribution in [0.5, 0.6) is 0 Å². The van der Waals surface area contributed by atoms with Gasteiger partial charge in [-0.3, -0.25) is 14.4 Å². The van der Waals surface area contributed by atoms with Gasteiger partial charge in [-0.25, -0.2) is 0 Å². The molecule has 2 fully saturated rings. The van der Waals surface area contributed by atoms with Crippen molar-refractivity contribution in [2.75, 3.05) is 45.9 Å². The summed E-state index contributed by atoms with van der Waals surface area (Å²) in [5.41, 5.74) is 1.17. The lowest BCUT2D eigenvalue weighted by Gasteiger charge is -2.42. The van der Waals surface area contributed by atoms with Crippen LogP contribution in [0.3, 0.4) is 0 Å². The molecule has 0 unspecified atom stereocenters. The number of aromatic nitrogens is 2. The predicted molar refractivity (Wildman–Crippen MR) is 106 cm³/mol. The highest BCUT2D eigenvalue weighted by atomic mass is 35.5. The van der Waals surface area contributed by atoms with Crippen molar-refractivity contribution >= 4 is 30.7 Å². The lowest BCUT2D eigenvalue weighted by Crippen LogP contribution is -2.55. The standard InChI is InChI=1S/C17H29N5O2.2ClH/c1-17(2)12-24-7-6-22(17)5-4-19-16(23)15-10-18-9-14(15)13-8-20-21(3)11-13;;/h8,11,14-15,18H,4-7,9-10,12H2,1-3H3,(H,19,23);2*1H/t14-,15+;;/m1../s1. The molecule has 0 saturated carbocycles. The molecular weight excluding hydrogens is 377 g/mol. The number of aryl methyl sites for hydroxylation is 1. The second-order valence-electron chi connectivity index (χ2n) is 7.46. The molecule has 2 N–H and O–H groups in total. The topological polar surface area (TPSA) is 71.4 Å². The molecule has 1 amide bonds. The van der Waals surface area contributed by atoms with Gasteiger partial charge in [-0.15, -0.1) is 24.8 Å². The number of nitrogens with zero attached hydrogens (tertiary/aromatic N) is 3. The van der Waals surface area contributed by atoms with E-state index >= 15 is 0 Å². The number of morpholine rings is 1. The number of carbonyl (C=O) groups excluding carboxylic acids is 1. The zero-order valence-electron chi connectivity index (χ0n) is 15.7. The molecule has 0 bridgehead atoms. The summed E-state index contributed by atoms with van der Waals surface area (Å²) in [5.74, 6) is 0.324. The number of ether oxygens (including phenoxy) is 1. The van der Waals surface area contributed by atoms with E-state index in [2.05, 4.69) is 34.5 Å². The Balaban J connectivity index is 0.00000169. The molecule has 3 heterocycles. The fourth-order valence-corrected chi connectivity index (χ4v) is 3.69. The molecule has 9 heteroatoms. The van der Waals surface area contributed by atoms with Crippen molar-refractivity contribution < 1.29 is 9.53 Å². The summed E-state index contributed by atoms with van der Waals surface area (Å²) in [6.45, 7) is 9.92. The first-order valence-corrected chi connectivity index (χ1v) is 8.77. The lowest BCUT2D eigenvalue weighted by atomic mass is 9.90. The molecule has 0 spiro atoms. The molecule has 2 atom stereocenters. The Bertz CT molecular complexity index is 581. The third kappa shape index (κ3) is 5.33. The second-order valence-corrected chi connectivity index (χ2v) is 7.46. The molecule has 7 nitrogen and oxygen atoms in total. The number of rotatable bonds is 5. The van der Waals surface area contributed by atoms with Crippen LogP contribution in [0.2, 0.25) is 0 Å². The average Bonchev–Trinajstić information content (AvgIpc) is 3.17. The van der Waals surface area contributed by atoms with E-state index in [1.54, 1.807) is 4.68 Å². The summed E-state index contributed by atoms with van der Waals surface area (Å²) in [6, 6.07) is 0. The fraction of sp³-hybridized carbons (Fsp3) is 0.765. The first-order chi connectivity index (χ1) is 11.5. The number of amides is 1. The third-order valence-electron chi connectivity index (χ3n) is 5.20. The van der Waals surface area contributed by atoms with Crippen LogP contribution in [0.4, 0.5) is 0 Å². The van der Waals surface area contributed by atoms with Crippen molar-refractivity contribution in [1.29, 1.82) is 0 Å². The molecule has 1 aromatic heterocycles. The van der Waals surface area contributed by atoms with E-state index in [4.69, 9.17) is 4.74 Å². The SMILES string of the molecule is Cl.Cl.Cn1cc([C@H]2CNC[C@@H]2C(=O)NCCN2CCOCC2(C)C)cn1. The van der Waals surface area contributed by atoms with Crippen LogP contribution >= 0.6 is 24.8 Å². The van der Waals surface area contributed by atoms with Gasteiger partial charge in [0.1, 0.15) is 0 Å². The maximum absolute atomic E-state index is 12.6. The van der Waals surface area contributed by atoms with Crippen LogP contribution < -0.4 is 10.6 Å². The number of halogens is 2. The minimum Gasteiger partial charge on any atom is -0.378 e. The minimum absolute atomic E-state index is 0. The van der Waals surface area contributed by atoms with Crippen LogP contribution in [0, 0.1) is 5.92 Å². The second kappa shape index (κ2) is 9.90. The Kier molecular flexibility index (Phi) is 8.82. The van der Waals surface area contributed by atoms with Gasteiger partial charge in [-0.1, -0.05) is 0 Å². The van der Waals surface area contributed by atoms with Crippen LogP contribution in [-0.4, -0.2) is 72.1 Å². The Hall–Kier alpha value is -0.860. The Morgan fingerprint density at radius 2 is 2.19 bits per heavy atom. The first kappa shape index (κ1) is 23.2. The molecule has 1 aromatic rings. The zero-order chi connectivity index (χ0) is 17.2. The van der Waals surface area contributed by atoms with Gasteiger partial charge in [0.25, 0.3) is 0 Å². The molecule has 2 aliphatic heterocycles. The Labute approximate surface area is 168 Å². The Morgan fingerprint density at radius 1 is 1.42 bits per heavy atom. The normalized spacial score (nSPS) is 25.2. The van der Waals surface area contributed by atoms with Gasteiger partial charge >= 0.3 is 0 Å². The number of hydrogen-bond acceptors (Lipinski definition) is 5. The van der Waals surface area contributed by atoms with Crippen molar-refractivity contribution in [2.24, 2.45) is 13.0 Å². The molecule has 0 radical (unpaired) electrons. The van der Waals surface area contributed by atoms with Gasteiger partial charge in [-0.2, -0.15) is 5.10 Å². The molecule has 0 aromatic carbocycles. The predicted octanol–water partition coefficient (Wildman–Crippen LogP) is 0.794. The van der Waals surface area contributed by atoms with Gasteiger partial charge in [0.15, 0.2) is 0 Å². The fourth-order valence-electron chi connectivity index (χ4n) is 3.69. The van der Waals surface area contributed by atoms with E-state index in [0.717, 1.165) is 45.0 Å². The molecule has 26 heavy (non-hydrogen) atoms. The summed E-state index contributed by atoms with van der Waals surface area (Å²) in [4.78, 5) is 15.0. The van der Waals surface area contributed by atoms with Gasteiger partial charge in [-0.05, 0) is 19.4 Å². The van der Waals surface area contributed by atoms with Gasteiger partial charge in [0.05, 0.1) is 25.3 Å². The third-order valence-corrected chi connectivity index (χ3v) is 5.20. The Morgan fingerprint density at radius 3 is 2.85 bits per heavy atom. The molecule has 0 aliphatic carbocycles. The molecule has 3 rings (SSSR count). The van der Waals surface area contributed by atoms with Crippen molar-refractivity contribution in [2.45, 2.75) is 25.3 Å². The van der Waals surface area contributed by atoms with Gasteiger partial charge in [0, 0.05) is 57.4 Å². The van der Waals surface area contributed by atoms with Crippen molar-refractivity contribution in [1.82, 2.24) is 25.3 Å². The summed E-state index contributed by atoms with van der Waals surface area (Å²) in [7, 11) is 1.91. The van der Waals surface area contributed by atoms with Gasteiger partial charge < -0.3 is 15.4 Å². The quantitative estimate of drug-likeness (QED) is 0.754. The van der Waals surface area contributed by atoms with Crippen LogP contribution in [0.25, 0.3) is 0 Å².